The summed E-state index contributed by atoms with van der Waals surface area (Å²) in [5, 5.41) is 0.424. The molecule has 0 unspecified atom stereocenters. The summed E-state index contributed by atoms with van der Waals surface area (Å²) in [6.45, 7) is 0.354. The molecule has 8 nitrogen and oxygen atoms in total. The van der Waals surface area contributed by atoms with Gasteiger partial charge in [-0.2, -0.15) is 0 Å². The van der Waals surface area contributed by atoms with E-state index < -0.39 is 10.0 Å². The van der Waals surface area contributed by atoms with Gasteiger partial charge in [-0.25, -0.2) is 8.42 Å². The monoisotopic (exact) mass is 474 g/mol. The van der Waals surface area contributed by atoms with Crippen LogP contribution >= 0.6 is 11.8 Å². The SMILES string of the molecule is O=C(CC12CC3CC(CC(C3)C1)C2)NNC(=O)c1ccc2c(c1)SC1=NS(=O)(=O)CCN12. The van der Waals surface area contributed by atoms with E-state index in [9.17, 15) is 18.0 Å². The molecule has 0 saturated heterocycles. The van der Waals surface area contributed by atoms with Gasteiger partial charge < -0.3 is 4.90 Å². The fourth-order valence-corrected chi connectivity index (χ4v) is 9.26. The van der Waals surface area contributed by atoms with Crippen molar-refractivity contribution in [3.63, 3.8) is 0 Å². The molecule has 1 aromatic rings. The molecule has 4 bridgehead atoms. The van der Waals surface area contributed by atoms with Crippen LogP contribution in [0.4, 0.5) is 5.69 Å². The van der Waals surface area contributed by atoms with Crippen LogP contribution in [0.5, 0.6) is 0 Å². The van der Waals surface area contributed by atoms with Crippen molar-refractivity contribution in [1.82, 2.24) is 10.9 Å². The first-order chi connectivity index (χ1) is 15.3. The van der Waals surface area contributed by atoms with Crippen molar-refractivity contribution < 1.29 is 18.0 Å². The van der Waals surface area contributed by atoms with Gasteiger partial charge in [-0.1, -0.05) is 0 Å². The van der Waals surface area contributed by atoms with Crippen molar-refractivity contribution in [3.05, 3.63) is 23.8 Å². The third-order valence-electron chi connectivity index (χ3n) is 7.75. The Hall–Kier alpha value is -2.07. The van der Waals surface area contributed by atoms with Gasteiger partial charge in [0.15, 0.2) is 5.17 Å². The van der Waals surface area contributed by atoms with E-state index in [1.807, 2.05) is 4.90 Å². The fourth-order valence-electron chi connectivity index (χ4n) is 6.96. The third-order valence-corrected chi connectivity index (χ3v) is 10.1. The van der Waals surface area contributed by atoms with Gasteiger partial charge in [-0.15, -0.1) is 4.40 Å². The highest BCUT2D eigenvalue weighted by Gasteiger charge is 2.51. The molecule has 0 atom stereocenters. The van der Waals surface area contributed by atoms with Crippen LogP contribution in [0.2, 0.25) is 0 Å². The molecular weight excluding hydrogens is 448 g/mol. The Kier molecular flexibility index (Phi) is 4.63. The maximum absolute atomic E-state index is 12.7. The van der Waals surface area contributed by atoms with E-state index in [4.69, 9.17) is 0 Å². The lowest BCUT2D eigenvalue weighted by molar-refractivity contribution is -0.130. The molecule has 32 heavy (non-hydrogen) atoms. The number of sulfonamides is 1. The van der Waals surface area contributed by atoms with Crippen LogP contribution in [0.15, 0.2) is 27.5 Å². The van der Waals surface area contributed by atoms with Crippen LogP contribution in [-0.2, 0) is 14.8 Å². The number of fused-ring (bicyclic) bond motifs is 3. The highest BCUT2D eigenvalue weighted by Crippen LogP contribution is 2.61. The van der Waals surface area contributed by atoms with E-state index >= 15 is 0 Å². The molecular formula is C22H26N4O4S2. The van der Waals surface area contributed by atoms with Crippen LogP contribution in [0.1, 0.15) is 55.3 Å². The second kappa shape index (κ2) is 7.21. The molecule has 10 heteroatoms. The van der Waals surface area contributed by atoms with Crippen LogP contribution < -0.4 is 15.8 Å². The van der Waals surface area contributed by atoms with Crippen LogP contribution in [0, 0.1) is 23.2 Å². The first-order valence-corrected chi connectivity index (χ1v) is 13.7. The molecule has 1 aromatic carbocycles. The normalized spacial score (nSPS) is 33.3. The van der Waals surface area contributed by atoms with Crippen molar-refractivity contribution in [3.8, 4) is 0 Å². The van der Waals surface area contributed by atoms with Crippen LogP contribution in [0.3, 0.4) is 0 Å². The highest BCUT2D eigenvalue weighted by atomic mass is 32.2. The van der Waals surface area contributed by atoms with Gasteiger partial charge >= 0.3 is 0 Å². The third kappa shape index (κ3) is 3.61. The van der Waals surface area contributed by atoms with E-state index in [0.29, 0.717) is 23.7 Å². The number of hydrogen-bond acceptors (Lipinski definition) is 6. The summed E-state index contributed by atoms with van der Waals surface area (Å²) in [7, 11) is -3.42. The molecule has 170 valence electrons. The minimum atomic E-state index is -3.42. The molecule has 0 spiro atoms. The van der Waals surface area contributed by atoms with Crippen molar-refractivity contribution in [2.24, 2.45) is 27.6 Å². The van der Waals surface area contributed by atoms with Crippen molar-refractivity contribution in [2.75, 3.05) is 17.2 Å². The molecule has 2 aliphatic heterocycles. The van der Waals surface area contributed by atoms with Crippen LogP contribution in [-0.4, -0.2) is 37.7 Å². The largest absolute Gasteiger partial charge is 0.318 e. The topological polar surface area (TPSA) is 108 Å². The van der Waals surface area contributed by atoms with Crippen molar-refractivity contribution in [1.29, 1.82) is 0 Å². The number of anilines is 1. The summed E-state index contributed by atoms with van der Waals surface area (Å²) >= 11 is 1.24. The Morgan fingerprint density at radius 1 is 1.09 bits per heavy atom. The first-order valence-electron chi connectivity index (χ1n) is 11.3. The van der Waals surface area contributed by atoms with Gasteiger partial charge in [0.1, 0.15) is 0 Å². The van der Waals surface area contributed by atoms with Gasteiger partial charge in [0.25, 0.3) is 15.9 Å². The smallest absolute Gasteiger partial charge is 0.269 e. The Bertz CT molecular complexity index is 1110. The van der Waals surface area contributed by atoms with E-state index in [2.05, 4.69) is 15.2 Å². The van der Waals surface area contributed by atoms with Gasteiger partial charge in [0, 0.05) is 23.4 Å². The highest BCUT2D eigenvalue weighted by molar-refractivity contribution is 8.15. The van der Waals surface area contributed by atoms with Crippen molar-refractivity contribution in [2.45, 2.75) is 49.8 Å². The maximum Gasteiger partial charge on any atom is 0.269 e. The van der Waals surface area contributed by atoms with E-state index in [0.717, 1.165) is 47.6 Å². The van der Waals surface area contributed by atoms with Crippen molar-refractivity contribution >= 4 is 44.5 Å². The van der Waals surface area contributed by atoms with Gasteiger partial charge in [-0.05, 0) is 91.7 Å². The minimum Gasteiger partial charge on any atom is -0.318 e. The lowest BCUT2D eigenvalue weighted by atomic mass is 9.49. The summed E-state index contributed by atoms with van der Waals surface area (Å²) in [6.07, 6.45) is 7.95. The molecule has 6 aliphatic rings. The molecule has 0 aromatic heterocycles. The first kappa shape index (κ1) is 20.5. The maximum atomic E-state index is 12.7. The number of hydrogen-bond donors (Lipinski definition) is 2. The summed E-state index contributed by atoms with van der Waals surface area (Å²) in [4.78, 5) is 28.0. The quantitative estimate of drug-likeness (QED) is 0.652. The zero-order valence-corrected chi connectivity index (χ0v) is 19.3. The number of carbonyl (C=O) groups is 2. The summed E-state index contributed by atoms with van der Waals surface area (Å²) in [6, 6.07) is 5.20. The molecule has 2 amide bonds. The number of hydrazine groups is 1. The lowest BCUT2D eigenvalue weighted by Gasteiger charge is -2.56. The van der Waals surface area contributed by atoms with Crippen LogP contribution in [0.25, 0.3) is 0 Å². The predicted octanol–water partition coefficient (Wildman–Crippen LogP) is 2.67. The molecule has 4 saturated carbocycles. The second-order valence-corrected chi connectivity index (χ2v) is 13.0. The number of amidine groups is 1. The molecule has 4 aliphatic carbocycles. The number of rotatable bonds is 3. The standard InChI is InChI=1S/C22H26N4O4S2/c27-19(12-22-9-13-5-14(10-22)7-15(6-13)11-22)23-24-20(28)16-1-2-17-18(8-16)31-21-25-32(29,30)4-3-26(17)21/h1-2,8,13-15H,3-7,9-12H2,(H,23,27)(H,24,28). The summed E-state index contributed by atoms with van der Waals surface area (Å²) in [5.41, 5.74) is 6.58. The zero-order chi connectivity index (χ0) is 22.1. The lowest BCUT2D eigenvalue weighted by Crippen LogP contribution is -2.50. The van der Waals surface area contributed by atoms with E-state index in [1.54, 1.807) is 18.2 Å². The summed E-state index contributed by atoms with van der Waals surface area (Å²) < 4.78 is 27.4. The van der Waals surface area contributed by atoms with Gasteiger partial charge in [0.2, 0.25) is 5.91 Å². The number of benzene rings is 1. The van der Waals surface area contributed by atoms with Gasteiger partial charge in [0.05, 0.1) is 11.4 Å². The number of nitrogens with zero attached hydrogens (tertiary/aromatic N) is 2. The van der Waals surface area contributed by atoms with E-state index in [-0.39, 0.29) is 23.0 Å². The molecule has 2 N–H and O–H groups in total. The Morgan fingerprint density at radius 2 is 1.78 bits per heavy atom. The Balaban J connectivity index is 1.09. The average Bonchev–Trinajstić information content (AvgIpc) is 3.05. The van der Waals surface area contributed by atoms with Gasteiger partial charge in [-0.3, -0.25) is 20.4 Å². The number of carbonyl (C=O) groups excluding carboxylic acids is 2. The Labute approximate surface area is 191 Å². The Morgan fingerprint density at radius 3 is 2.47 bits per heavy atom. The number of amides is 2. The molecule has 7 rings (SSSR count). The predicted molar refractivity (Wildman–Crippen MR) is 122 cm³/mol. The molecule has 0 radical (unpaired) electrons. The number of nitrogens with one attached hydrogen (secondary N) is 2. The zero-order valence-electron chi connectivity index (χ0n) is 17.7. The summed E-state index contributed by atoms with van der Waals surface area (Å²) in [5.74, 6) is 1.83. The molecule has 4 fully saturated rings. The second-order valence-electron chi connectivity index (χ2n) is 10.2. The minimum absolute atomic E-state index is 0.0193. The average molecular weight is 475 g/mol. The number of thioether (sulfide) groups is 1. The molecule has 2 heterocycles. The van der Waals surface area contributed by atoms with E-state index in [1.165, 1.54) is 31.0 Å². The fraction of sp³-hybridized carbons (Fsp3) is 0.591.